The van der Waals surface area contributed by atoms with Crippen LogP contribution in [0.4, 0.5) is 5.69 Å². The van der Waals surface area contributed by atoms with Crippen LogP contribution in [0, 0.1) is 6.92 Å². The van der Waals surface area contributed by atoms with E-state index < -0.39 is 24.4 Å². The zero-order valence-corrected chi connectivity index (χ0v) is 18.8. The third-order valence-electron chi connectivity index (χ3n) is 6.37. The molecule has 2 fully saturated rings. The second-order valence-electron chi connectivity index (χ2n) is 8.68. The lowest BCUT2D eigenvalue weighted by Crippen LogP contribution is -2.49. The Kier molecular flexibility index (Phi) is 7.27. The topological polar surface area (TPSA) is 102 Å². The van der Waals surface area contributed by atoms with Crippen molar-refractivity contribution in [3.05, 3.63) is 65.7 Å². The lowest BCUT2D eigenvalue weighted by molar-refractivity contribution is -0.135. The van der Waals surface area contributed by atoms with Gasteiger partial charge in [0.15, 0.2) is 0 Å². The van der Waals surface area contributed by atoms with Crippen molar-refractivity contribution >= 4 is 17.5 Å². The molecular formula is C25H31N3O5. The quantitative estimate of drug-likeness (QED) is 0.602. The van der Waals surface area contributed by atoms with Crippen LogP contribution in [0.2, 0.25) is 0 Å². The Hall–Kier alpha value is -2.94. The van der Waals surface area contributed by atoms with Crippen LogP contribution in [0.1, 0.15) is 22.3 Å². The summed E-state index contributed by atoms with van der Waals surface area (Å²) in [4.78, 5) is 29.1. The fraction of sp³-hybridized carbons (Fsp3) is 0.440. The number of amides is 2. The lowest BCUT2D eigenvalue weighted by Gasteiger charge is -2.36. The number of piperazine rings is 1. The van der Waals surface area contributed by atoms with E-state index in [1.54, 1.807) is 17.0 Å². The van der Waals surface area contributed by atoms with Crippen LogP contribution < -0.4 is 10.2 Å². The Morgan fingerprint density at radius 2 is 1.58 bits per heavy atom. The van der Waals surface area contributed by atoms with Gasteiger partial charge in [-0.05, 0) is 31.2 Å². The number of carbonyl (C=O) groups is 2. The minimum absolute atomic E-state index is 0.00796. The summed E-state index contributed by atoms with van der Waals surface area (Å²) >= 11 is 0. The molecule has 2 aromatic carbocycles. The van der Waals surface area contributed by atoms with Crippen LogP contribution in [-0.4, -0.2) is 84.1 Å². The van der Waals surface area contributed by atoms with Crippen LogP contribution in [0.15, 0.2) is 54.6 Å². The highest BCUT2D eigenvalue weighted by atomic mass is 16.5. The first kappa shape index (κ1) is 23.2. The molecule has 8 nitrogen and oxygen atoms in total. The smallest absolute Gasteiger partial charge is 0.251 e. The Bertz CT molecular complexity index is 944. The van der Waals surface area contributed by atoms with Gasteiger partial charge >= 0.3 is 0 Å². The summed E-state index contributed by atoms with van der Waals surface area (Å²) in [6, 6.07) is 17.2. The molecule has 0 aliphatic carbocycles. The van der Waals surface area contributed by atoms with E-state index in [0.717, 1.165) is 24.3 Å². The minimum Gasteiger partial charge on any atom is -0.388 e. The van der Waals surface area contributed by atoms with Gasteiger partial charge < -0.3 is 30.1 Å². The molecule has 0 saturated carbocycles. The van der Waals surface area contributed by atoms with E-state index in [1.165, 1.54) is 0 Å². The minimum atomic E-state index is -1.18. The van der Waals surface area contributed by atoms with Crippen molar-refractivity contribution in [1.29, 1.82) is 0 Å². The molecule has 176 valence electrons. The summed E-state index contributed by atoms with van der Waals surface area (Å²) in [6.07, 6.45) is -3.94. The van der Waals surface area contributed by atoms with Gasteiger partial charge in [-0.2, -0.15) is 0 Å². The Balaban J connectivity index is 1.25. The summed E-state index contributed by atoms with van der Waals surface area (Å²) < 4.78 is 5.77. The van der Waals surface area contributed by atoms with Crippen LogP contribution in [0.25, 0.3) is 0 Å². The number of rotatable bonds is 6. The lowest BCUT2D eigenvalue weighted by atomic mass is 10.0. The molecule has 2 aromatic rings. The first-order chi connectivity index (χ1) is 15.9. The van der Waals surface area contributed by atoms with Crippen LogP contribution in [-0.2, 0) is 9.53 Å². The molecule has 0 radical (unpaired) electrons. The molecule has 4 atom stereocenters. The standard InChI is InChI=1S/C25H31N3O5/c1-17-7-9-18(10-8-17)25(32)26-16-21-24(31)23(30)20(33-21)15-22(29)28-13-11-27(12-14-28)19-5-3-2-4-6-19/h2-10,20-21,23-24,30-31H,11-16H2,1H3,(H,26,32)/t20-,21-,23-,24+/m0/s1. The predicted molar refractivity (Wildman–Crippen MR) is 124 cm³/mol. The van der Waals surface area contributed by atoms with E-state index in [0.29, 0.717) is 18.7 Å². The molecule has 2 amide bonds. The number of benzene rings is 2. The fourth-order valence-electron chi connectivity index (χ4n) is 4.32. The highest BCUT2D eigenvalue weighted by Gasteiger charge is 2.44. The molecule has 2 aliphatic heterocycles. The first-order valence-corrected chi connectivity index (χ1v) is 11.4. The predicted octanol–water partition coefficient (Wildman–Crippen LogP) is 0.953. The summed E-state index contributed by atoms with van der Waals surface area (Å²) in [5.41, 5.74) is 2.70. The number of nitrogens with one attached hydrogen (secondary N) is 1. The van der Waals surface area contributed by atoms with Gasteiger partial charge in [0.25, 0.3) is 5.91 Å². The number of ether oxygens (including phenoxy) is 1. The maximum atomic E-state index is 12.8. The van der Waals surface area contributed by atoms with Crippen molar-refractivity contribution in [2.75, 3.05) is 37.6 Å². The third kappa shape index (κ3) is 5.52. The number of hydrogen-bond acceptors (Lipinski definition) is 6. The van der Waals surface area contributed by atoms with Gasteiger partial charge in [-0.15, -0.1) is 0 Å². The number of para-hydroxylation sites is 1. The van der Waals surface area contributed by atoms with Gasteiger partial charge in [-0.25, -0.2) is 0 Å². The van der Waals surface area contributed by atoms with Crippen LogP contribution in [0.3, 0.4) is 0 Å². The summed E-state index contributed by atoms with van der Waals surface area (Å²) in [7, 11) is 0. The molecule has 2 saturated heterocycles. The van der Waals surface area contributed by atoms with Gasteiger partial charge in [0.1, 0.15) is 18.3 Å². The zero-order chi connectivity index (χ0) is 23.4. The highest BCUT2D eigenvalue weighted by molar-refractivity contribution is 5.94. The number of nitrogens with zero attached hydrogens (tertiary/aromatic N) is 2. The summed E-state index contributed by atoms with van der Waals surface area (Å²) in [5, 5.41) is 23.5. The van der Waals surface area contributed by atoms with E-state index in [9.17, 15) is 19.8 Å². The average molecular weight is 454 g/mol. The van der Waals surface area contributed by atoms with Gasteiger partial charge in [0.2, 0.25) is 5.91 Å². The van der Waals surface area contributed by atoms with Crippen molar-refractivity contribution in [3.63, 3.8) is 0 Å². The fourth-order valence-corrected chi connectivity index (χ4v) is 4.32. The molecule has 0 bridgehead atoms. The van der Waals surface area contributed by atoms with E-state index >= 15 is 0 Å². The molecular weight excluding hydrogens is 422 g/mol. The third-order valence-corrected chi connectivity index (χ3v) is 6.37. The van der Waals surface area contributed by atoms with Crippen molar-refractivity contribution in [3.8, 4) is 0 Å². The molecule has 8 heteroatoms. The summed E-state index contributed by atoms with van der Waals surface area (Å²) in [5.74, 6) is -0.389. The number of aryl methyl sites for hydroxylation is 1. The van der Waals surface area contributed by atoms with Crippen molar-refractivity contribution < 1.29 is 24.5 Å². The Morgan fingerprint density at radius 1 is 0.939 bits per heavy atom. The molecule has 2 heterocycles. The molecule has 3 N–H and O–H groups in total. The maximum Gasteiger partial charge on any atom is 0.251 e. The molecule has 33 heavy (non-hydrogen) atoms. The molecule has 0 unspecified atom stereocenters. The maximum absolute atomic E-state index is 12.8. The Morgan fingerprint density at radius 3 is 2.24 bits per heavy atom. The van der Waals surface area contributed by atoms with Crippen LogP contribution >= 0.6 is 0 Å². The second-order valence-corrected chi connectivity index (χ2v) is 8.68. The molecule has 0 aromatic heterocycles. The van der Waals surface area contributed by atoms with Crippen molar-refractivity contribution in [2.45, 2.75) is 37.8 Å². The molecule has 0 spiro atoms. The number of carbonyl (C=O) groups excluding carboxylic acids is 2. The molecule has 2 aliphatic rings. The van der Waals surface area contributed by atoms with Crippen molar-refractivity contribution in [2.24, 2.45) is 0 Å². The first-order valence-electron chi connectivity index (χ1n) is 11.4. The SMILES string of the molecule is Cc1ccc(C(=O)NC[C@@H]2O[C@@H](CC(=O)N3CCN(c4ccccc4)CC3)[C@H](O)[C@@H]2O)cc1. The van der Waals surface area contributed by atoms with E-state index in [4.69, 9.17) is 4.74 Å². The van der Waals surface area contributed by atoms with Gasteiger partial charge in [0, 0.05) is 44.0 Å². The average Bonchev–Trinajstić information content (AvgIpc) is 3.11. The zero-order valence-electron chi connectivity index (χ0n) is 18.8. The van der Waals surface area contributed by atoms with E-state index in [1.807, 2.05) is 37.3 Å². The Labute approximate surface area is 193 Å². The van der Waals surface area contributed by atoms with Gasteiger partial charge in [-0.3, -0.25) is 9.59 Å². The monoisotopic (exact) mass is 453 g/mol. The van der Waals surface area contributed by atoms with Crippen molar-refractivity contribution in [1.82, 2.24) is 10.2 Å². The highest BCUT2D eigenvalue weighted by Crippen LogP contribution is 2.25. The van der Waals surface area contributed by atoms with E-state index in [-0.39, 0.29) is 24.8 Å². The summed E-state index contributed by atoms with van der Waals surface area (Å²) in [6.45, 7) is 4.65. The van der Waals surface area contributed by atoms with E-state index in [2.05, 4.69) is 22.3 Å². The van der Waals surface area contributed by atoms with Gasteiger partial charge in [0.05, 0.1) is 12.5 Å². The number of aliphatic hydroxyl groups excluding tert-OH is 2. The largest absolute Gasteiger partial charge is 0.388 e. The number of hydrogen-bond donors (Lipinski definition) is 3. The van der Waals surface area contributed by atoms with Gasteiger partial charge in [-0.1, -0.05) is 35.9 Å². The number of anilines is 1. The van der Waals surface area contributed by atoms with Crippen LogP contribution in [0.5, 0.6) is 0 Å². The molecule has 4 rings (SSSR count). The normalized spacial score (nSPS) is 25.2. The second kappa shape index (κ2) is 10.3. The number of aliphatic hydroxyl groups is 2.